The minimum absolute atomic E-state index is 0.474. The summed E-state index contributed by atoms with van der Waals surface area (Å²) in [5.41, 5.74) is 0. The molecule has 0 N–H and O–H groups in total. The fraction of sp³-hybridized carbons (Fsp3) is 0.933. The van der Waals surface area contributed by atoms with E-state index < -0.39 is 0 Å². The van der Waals surface area contributed by atoms with Gasteiger partial charge in [-0.25, -0.2) is 0 Å². The van der Waals surface area contributed by atoms with Crippen molar-refractivity contribution < 1.29 is 4.79 Å². The van der Waals surface area contributed by atoms with Crippen LogP contribution in [0.3, 0.4) is 0 Å². The van der Waals surface area contributed by atoms with Crippen LogP contribution in [0.4, 0.5) is 0 Å². The van der Waals surface area contributed by atoms with E-state index in [0.29, 0.717) is 11.7 Å². The SMILES string of the molecule is CCCCCCCCCC(=O)CCC(C)C. The van der Waals surface area contributed by atoms with Gasteiger partial charge < -0.3 is 0 Å². The van der Waals surface area contributed by atoms with E-state index in [1.54, 1.807) is 0 Å². The third kappa shape index (κ3) is 11.7. The molecule has 0 aliphatic heterocycles. The van der Waals surface area contributed by atoms with Crippen molar-refractivity contribution in [2.75, 3.05) is 0 Å². The molecule has 16 heavy (non-hydrogen) atoms. The monoisotopic (exact) mass is 226 g/mol. The van der Waals surface area contributed by atoms with Gasteiger partial charge in [0.25, 0.3) is 0 Å². The lowest BCUT2D eigenvalue weighted by atomic mass is 10.0. The zero-order valence-electron chi connectivity index (χ0n) is 11.6. The minimum atomic E-state index is 0.474. The van der Waals surface area contributed by atoms with Crippen LogP contribution in [0.2, 0.25) is 0 Å². The van der Waals surface area contributed by atoms with Gasteiger partial charge in [0.15, 0.2) is 0 Å². The summed E-state index contributed by atoms with van der Waals surface area (Å²) in [4.78, 5) is 11.5. The quantitative estimate of drug-likeness (QED) is 0.446. The van der Waals surface area contributed by atoms with Crippen molar-refractivity contribution in [2.24, 2.45) is 5.92 Å². The van der Waals surface area contributed by atoms with Gasteiger partial charge >= 0.3 is 0 Å². The standard InChI is InChI=1S/C15H30O/c1-4-5-6-7-8-9-10-11-15(16)13-12-14(2)3/h14H,4-13H2,1-3H3. The maximum atomic E-state index is 11.5. The van der Waals surface area contributed by atoms with E-state index in [2.05, 4.69) is 20.8 Å². The molecular weight excluding hydrogens is 196 g/mol. The number of carbonyl (C=O) groups excluding carboxylic acids is 1. The van der Waals surface area contributed by atoms with Gasteiger partial charge in [-0.15, -0.1) is 0 Å². The first kappa shape index (κ1) is 15.7. The number of carbonyl (C=O) groups is 1. The first-order valence-electron chi connectivity index (χ1n) is 7.18. The number of unbranched alkanes of at least 4 members (excludes halogenated alkanes) is 6. The summed E-state index contributed by atoms with van der Waals surface area (Å²) in [6.45, 7) is 6.61. The van der Waals surface area contributed by atoms with Crippen LogP contribution in [0, 0.1) is 5.92 Å². The molecule has 0 saturated carbocycles. The Bertz CT molecular complexity index is 161. The number of ketones is 1. The molecular formula is C15H30O. The van der Waals surface area contributed by atoms with Crippen molar-refractivity contribution in [3.8, 4) is 0 Å². The molecule has 0 amide bonds. The molecule has 0 aliphatic rings. The summed E-state index contributed by atoms with van der Waals surface area (Å²) in [5.74, 6) is 1.14. The summed E-state index contributed by atoms with van der Waals surface area (Å²) >= 11 is 0. The number of hydrogen-bond donors (Lipinski definition) is 0. The highest BCUT2D eigenvalue weighted by molar-refractivity contribution is 5.78. The average Bonchev–Trinajstić information content (AvgIpc) is 2.25. The lowest BCUT2D eigenvalue weighted by Crippen LogP contribution is -2.00. The Hall–Kier alpha value is -0.330. The van der Waals surface area contributed by atoms with E-state index >= 15 is 0 Å². The molecule has 1 heteroatoms. The summed E-state index contributed by atoms with van der Waals surface area (Å²) < 4.78 is 0. The molecule has 0 saturated heterocycles. The third-order valence-corrected chi connectivity index (χ3v) is 3.06. The van der Waals surface area contributed by atoms with E-state index in [9.17, 15) is 4.79 Å². The Morgan fingerprint density at radius 2 is 1.44 bits per heavy atom. The van der Waals surface area contributed by atoms with Crippen LogP contribution < -0.4 is 0 Å². The molecule has 0 unspecified atom stereocenters. The van der Waals surface area contributed by atoms with Crippen LogP contribution in [0.25, 0.3) is 0 Å². The molecule has 1 nitrogen and oxygen atoms in total. The van der Waals surface area contributed by atoms with Gasteiger partial charge in [-0.05, 0) is 18.8 Å². The topological polar surface area (TPSA) is 17.1 Å². The molecule has 0 heterocycles. The van der Waals surface area contributed by atoms with Crippen LogP contribution in [0.1, 0.15) is 85.0 Å². The molecule has 0 rings (SSSR count). The van der Waals surface area contributed by atoms with Crippen molar-refractivity contribution in [1.29, 1.82) is 0 Å². The fourth-order valence-electron chi connectivity index (χ4n) is 1.85. The van der Waals surface area contributed by atoms with Gasteiger partial charge in [-0.1, -0.05) is 59.3 Å². The first-order chi connectivity index (χ1) is 7.66. The number of Topliss-reactive ketones (excluding diaryl/α,β-unsaturated/α-hetero) is 1. The van der Waals surface area contributed by atoms with Crippen molar-refractivity contribution in [2.45, 2.75) is 85.0 Å². The number of hydrogen-bond acceptors (Lipinski definition) is 1. The maximum Gasteiger partial charge on any atom is 0.132 e. The Labute approximate surface area is 102 Å². The predicted octanol–water partition coefficient (Wildman–Crippen LogP) is 5.13. The van der Waals surface area contributed by atoms with Gasteiger partial charge in [0.1, 0.15) is 5.78 Å². The molecule has 0 aromatic heterocycles. The Balaban J connectivity index is 3.15. The normalized spacial score (nSPS) is 11.0. The summed E-state index contributed by atoms with van der Waals surface area (Å²) in [5, 5.41) is 0. The second kappa shape index (κ2) is 11.2. The molecule has 96 valence electrons. The van der Waals surface area contributed by atoms with Gasteiger partial charge in [0.2, 0.25) is 0 Å². The number of rotatable bonds is 11. The fourth-order valence-corrected chi connectivity index (χ4v) is 1.85. The van der Waals surface area contributed by atoms with Crippen molar-refractivity contribution >= 4 is 5.78 Å². The highest BCUT2D eigenvalue weighted by Crippen LogP contribution is 2.11. The lowest BCUT2D eigenvalue weighted by molar-refractivity contribution is -0.119. The second-order valence-electron chi connectivity index (χ2n) is 5.34. The van der Waals surface area contributed by atoms with Gasteiger partial charge in [0, 0.05) is 12.8 Å². The highest BCUT2D eigenvalue weighted by Gasteiger charge is 2.03. The van der Waals surface area contributed by atoms with E-state index in [1.165, 1.54) is 38.5 Å². The largest absolute Gasteiger partial charge is 0.300 e. The molecule has 0 fully saturated rings. The Morgan fingerprint density at radius 3 is 2.00 bits per heavy atom. The smallest absolute Gasteiger partial charge is 0.132 e. The molecule has 0 spiro atoms. The first-order valence-corrected chi connectivity index (χ1v) is 7.18. The molecule has 0 radical (unpaired) electrons. The van der Waals surface area contributed by atoms with Crippen LogP contribution in [-0.4, -0.2) is 5.78 Å². The van der Waals surface area contributed by atoms with Gasteiger partial charge in [0.05, 0.1) is 0 Å². The van der Waals surface area contributed by atoms with Crippen LogP contribution in [0.15, 0.2) is 0 Å². The average molecular weight is 226 g/mol. The van der Waals surface area contributed by atoms with E-state index in [1.807, 2.05) is 0 Å². The van der Waals surface area contributed by atoms with E-state index in [-0.39, 0.29) is 0 Å². The molecule has 0 bridgehead atoms. The summed E-state index contributed by atoms with van der Waals surface area (Å²) in [6.07, 6.45) is 11.8. The molecule has 0 aliphatic carbocycles. The molecule has 0 atom stereocenters. The maximum absolute atomic E-state index is 11.5. The van der Waals surface area contributed by atoms with Crippen LogP contribution >= 0.6 is 0 Å². The lowest BCUT2D eigenvalue weighted by Gasteiger charge is -2.04. The highest BCUT2D eigenvalue weighted by atomic mass is 16.1. The zero-order chi connectivity index (χ0) is 12.2. The second-order valence-corrected chi connectivity index (χ2v) is 5.34. The summed E-state index contributed by atoms with van der Waals surface area (Å²) in [6, 6.07) is 0. The van der Waals surface area contributed by atoms with Crippen molar-refractivity contribution in [1.82, 2.24) is 0 Å². The van der Waals surface area contributed by atoms with Crippen LogP contribution in [-0.2, 0) is 4.79 Å². The zero-order valence-corrected chi connectivity index (χ0v) is 11.6. The van der Waals surface area contributed by atoms with Crippen molar-refractivity contribution in [3.05, 3.63) is 0 Å². The van der Waals surface area contributed by atoms with E-state index in [4.69, 9.17) is 0 Å². The third-order valence-electron chi connectivity index (χ3n) is 3.06. The predicted molar refractivity (Wildman–Crippen MR) is 71.7 cm³/mol. The molecule has 0 aromatic carbocycles. The van der Waals surface area contributed by atoms with Gasteiger partial charge in [-0.3, -0.25) is 4.79 Å². The van der Waals surface area contributed by atoms with Crippen LogP contribution in [0.5, 0.6) is 0 Å². The van der Waals surface area contributed by atoms with Crippen molar-refractivity contribution in [3.63, 3.8) is 0 Å². The summed E-state index contributed by atoms with van der Waals surface area (Å²) in [7, 11) is 0. The molecule has 0 aromatic rings. The Kier molecular flexibility index (Phi) is 10.9. The van der Waals surface area contributed by atoms with E-state index in [0.717, 1.165) is 25.7 Å². The Morgan fingerprint density at radius 1 is 0.875 bits per heavy atom. The minimum Gasteiger partial charge on any atom is -0.300 e. The van der Waals surface area contributed by atoms with Gasteiger partial charge in [-0.2, -0.15) is 0 Å².